The lowest BCUT2D eigenvalue weighted by molar-refractivity contribution is -0.0257. The average Bonchev–Trinajstić information content (AvgIpc) is 2.59. The first-order chi connectivity index (χ1) is 12.3. The van der Waals surface area contributed by atoms with Gasteiger partial charge in [-0.1, -0.05) is 84.2 Å². The van der Waals surface area contributed by atoms with E-state index in [-0.39, 0.29) is 16.3 Å². The van der Waals surface area contributed by atoms with Crippen LogP contribution in [0.4, 0.5) is 9.59 Å². The van der Waals surface area contributed by atoms with Crippen molar-refractivity contribution in [3.63, 3.8) is 0 Å². The minimum absolute atomic E-state index is 0.0319. The van der Waals surface area contributed by atoms with Crippen molar-refractivity contribution in [3.8, 4) is 0 Å². The number of hydrogen-bond acceptors (Lipinski definition) is 4. The molecule has 0 heterocycles. The second-order valence-electron chi connectivity index (χ2n) is 6.48. The highest BCUT2D eigenvalue weighted by Gasteiger charge is 2.37. The molecule has 0 aromatic carbocycles. The van der Waals surface area contributed by atoms with Crippen molar-refractivity contribution in [3.05, 3.63) is 0 Å². The summed E-state index contributed by atoms with van der Waals surface area (Å²) >= 11 is 7.06. The minimum atomic E-state index is -1.23. The van der Waals surface area contributed by atoms with E-state index >= 15 is 0 Å². The van der Waals surface area contributed by atoms with E-state index in [1.54, 1.807) is 0 Å². The van der Waals surface area contributed by atoms with Gasteiger partial charge in [0.2, 0.25) is 0 Å². The van der Waals surface area contributed by atoms with Crippen molar-refractivity contribution < 1.29 is 29.3 Å². The second kappa shape index (κ2) is 14.5. The maximum absolute atomic E-state index is 11.0. The van der Waals surface area contributed by atoms with E-state index in [9.17, 15) is 9.59 Å². The Bertz CT molecular complexity index is 401. The average molecular weight is 504 g/mol. The third-order valence-electron chi connectivity index (χ3n) is 4.67. The molecular weight excluding hydrogens is 472 g/mol. The number of ether oxygens (including phenoxy) is 2. The molecule has 0 saturated carbocycles. The van der Waals surface area contributed by atoms with E-state index in [4.69, 9.17) is 14.9 Å². The molecule has 0 rings (SSSR count). The van der Waals surface area contributed by atoms with Gasteiger partial charge in [-0.05, 0) is 25.7 Å². The van der Waals surface area contributed by atoms with Crippen LogP contribution in [0, 0.1) is 0 Å². The highest BCUT2D eigenvalue weighted by Crippen LogP contribution is 2.33. The Hall–Kier alpha value is -0.500. The van der Waals surface area contributed by atoms with E-state index in [1.807, 2.05) is 13.8 Å². The first-order valence-corrected chi connectivity index (χ1v) is 11.2. The highest BCUT2D eigenvalue weighted by atomic mass is 79.9. The number of alkyl halides is 2. The SMILES string of the molecule is CCC(CC)(OC(=O)O)C(Br)CCCCCCCCC(Br)COC(=O)O. The van der Waals surface area contributed by atoms with Gasteiger partial charge in [0.25, 0.3) is 0 Å². The fraction of sp³-hybridized carbons (Fsp3) is 0.889. The maximum atomic E-state index is 11.0. The number of halogens is 2. The lowest BCUT2D eigenvalue weighted by atomic mass is 9.90. The predicted molar refractivity (Wildman–Crippen MR) is 109 cm³/mol. The van der Waals surface area contributed by atoms with Crippen molar-refractivity contribution in [1.82, 2.24) is 0 Å². The summed E-state index contributed by atoms with van der Waals surface area (Å²) in [5, 5.41) is 17.4. The number of hydrogen-bond donors (Lipinski definition) is 2. The fourth-order valence-corrected chi connectivity index (χ4v) is 4.50. The number of carboxylic acid groups (broad SMARTS) is 2. The van der Waals surface area contributed by atoms with Gasteiger partial charge >= 0.3 is 12.3 Å². The third-order valence-corrected chi connectivity index (χ3v) is 6.69. The van der Waals surface area contributed by atoms with Crippen LogP contribution in [0.5, 0.6) is 0 Å². The monoisotopic (exact) mass is 502 g/mol. The molecule has 0 aromatic rings. The summed E-state index contributed by atoms with van der Waals surface area (Å²) < 4.78 is 9.71. The van der Waals surface area contributed by atoms with Gasteiger partial charge in [-0.2, -0.15) is 0 Å². The van der Waals surface area contributed by atoms with Gasteiger partial charge < -0.3 is 19.7 Å². The lowest BCUT2D eigenvalue weighted by Gasteiger charge is -2.35. The summed E-state index contributed by atoms with van der Waals surface area (Å²) in [5.41, 5.74) is -0.644. The van der Waals surface area contributed by atoms with Crippen LogP contribution in [0.15, 0.2) is 0 Å². The molecule has 0 radical (unpaired) electrons. The highest BCUT2D eigenvalue weighted by molar-refractivity contribution is 9.09. The van der Waals surface area contributed by atoms with Gasteiger partial charge in [-0.25, -0.2) is 9.59 Å². The van der Waals surface area contributed by atoms with E-state index in [1.165, 1.54) is 0 Å². The van der Waals surface area contributed by atoms with Gasteiger partial charge in [0.05, 0.1) is 4.83 Å². The van der Waals surface area contributed by atoms with E-state index in [0.29, 0.717) is 12.8 Å². The molecule has 8 heteroatoms. The Balaban J connectivity index is 3.82. The second-order valence-corrected chi connectivity index (χ2v) is 8.88. The summed E-state index contributed by atoms with van der Waals surface area (Å²) in [6, 6.07) is 0. The molecular formula is C18H32Br2O6. The molecule has 0 amide bonds. The smallest absolute Gasteiger partial charge is 0.450 e. The predicted octanol–water partition coefficient (Wildman–Crippen LogP) is 6.58. The van der Waals surface area contributed by atoms with Crippen molar-refractivity contribution in [1.29, 1.82) is 0 Å². The molecule has 0 fully saturated rings. The topological polar surface area (TPSA) is 93.1 Å². The molecule has 2 atom stereocenters. The first kappa shape index (κ1) is 25.5. The zero-order chi connectivity index (χ0) is 20.0. The first-order valence-electron chi connectivity index (χ1n) is 9.33. The van der Waals surface area contributed by atoms with Crippen molar-refractivity contribution in [2.24, 2.45) is 0 Å². The zero-order valence-electron chi connectivity index (χ0n) is 15.7. The summed E-state index contributed by atoms with van der Waals surface area (Å²) in [4.78, 5) is 21.4. The third kappa shape index (κ3) is 11.3. The Kier molecular flexibility index (Phi) is 14.3. The van der Waals surface area contributed by atoms with Crippen LogP contribution in [0.25, 0.3) is 0 Å². The maximum Gasteiger partial charge on any atom is 0.506 e. The van der Waals surface area contributed by atoms with Crippen LogP contribution in [0.1, 0.15) is 78.1 Å². The largest absolute Gasteiger partial charge is 0.506 e. The van der Waals surface area contributed by atoms with E-state index in [2.05, 4.69) is 36.6 Å². The zero-order valence-corrected chi connectivity index (χ0v) is 18.9. The summed E-state index contributed by atoms with van der Waals surface area (Å²) in [6.45, 7) is 4.11. The van der Waals surface area contributed by atoms with E-state index in [0.717, 1.165) is 51.4 Å². The molecule has 6 nitrogen and oxygen atoms in total. The summed E-state index contributed by atoms with van der Waals surface area (Å²) in [7, 11) is 0. The van der Waals surface area contributed by atoms with Gasteiger partial charge in [-0.3, -0.25) is 0 Å². The van der Waals surface area contributed by atoms with Crippen molar-refractivity contribution in [2.75, 3.05) is 6.61 Å². The number of unbranched alkanes of at least 4 members (excludes halogenated alkanes) is 5. The molecule has 0 bridgehead atoms. The molecule has 2 unspecified atom stereocenters. The number of rotatable bonds is 15. The van der Waals surface area contributed by atoms with Crippen LogP contribution in [0.3, 0.4) is 0 Å². The lowest BCUT2D eigenvalue weighted by Crippen LogP contribution is -2.42. The van der Waals surface area contributed by atoms with Crippen molar-refractivity contribution >= 4 is 44.2 Å². The molecule has 0 aliphatic carbocycles. The molecule has 0 aromatic heterocycles. The molecule has 0 spiro atoms. The molecule has 154 valence electrons. The Labute approximate surface area is 173 Å². The summed E-state index contributed by atoms with van der Waals surface area (Å²) in [6.07, 6.45) is 7.26. The standard InChI is InChI=1S/C18H32Br2O6/c1-3-18(4-2,26-17(23)24)15(20)12-10-8-6-5-7-9-11-14(19)13-25-16(21)22/h14-15H,3-13H2,1-2H3,(H,21,22)(H,23,24). The number of carbonyl (C=O) groups is 2. The van der Waals surface area contributed by atoms with Gasteiger partial charge in [0, 0.05) is 4.83 Å². The Morgan fingerprint density at radius 1 is 0.885 bits per heavy atom. The van der Waals surface area contributed by atoms with Crippen molar-refractivity contribution in [2.45, 2.75) is 93.3 Å². The van der Waals surface area contributed by atoms with Crippen LogP contribution in [-0.4, -0.2) is 44.4 Å². The quantitative estimate of drug-likeness (QED) is 0.149. The summed E-state index contributed by atoms with van der Waals surface area (Å²) in [5.74, 6) is 0. The van der Waals surface area contributed by atoms with Gasteiger partial charge in [0.15, 0.2) is 0 Å². The fourth-order valence-electron chi connectivity index (χ4n) is 2.98. The van der Waals surface area contributed by atoms with Gasteiger partial charge in [-0.15, -0.1) is 0 Å². The molecule has 0 saturated heterocycles. The van der Waals surface area contributed by atoms with Gasteiger partial charge in [0.1, 0.15) is 12.2 Å². The van der Waals surface area contributed by atoms with Crippen LogP contribution in [0.2, 0.25) is 0 Å². The van der Waals surface area contributed by atoms with Crippen LogP contribution in [-0.2, 0) is 9.47 Å². The van der Waals surface area contributed by atoms with Crippen LogP contribution >= 0.6 is 31.9 Å². The minimum Gasteiger partial charge on any atom is -0.450 e. The Morgan fingerprint density at radius 3 is 1.85 bits per heavy atom. The van der Waals surface area contributed by atoms with E-state index < -0.39 is 17.9 Å². The van der Waals surface area contributed by atoms with Crippen LogP contribution < -0.4 is 0 Å². The molecule has 26 heavy (non-hydrogen) atoms. The molecule has 0 aliphatic rings. The Morgan fingerprint density at radius 2 is 1.38 bits per heavy atom. The molecule has 2 N–H and O–H groups in total. The molecule has 0 aliphatic heterocycles. The normalized spacial score (nSPS) is 13.8.